The zero-order chi connectivity index (χ0) is 25.8. The fourth-order valence-electron chi connectivity index (χ4n) is 5.31. The Bertz CT molecular complexity index is 1380. The second-order valence-electron chi connectivity index (χ2n) is 9.24. The number of benzene rings is 3. The average molecular weight is 570 g/mol. The maximum absolute atomic E-state index is 13.9. The van der Waals surface area contributed by atoms with E-state index in [2.05, 4.69) is 21.2 Å². The topological polar surface area (TPSA) is 107 Å². The van der Waals surface area contributed by atoms with E-state index >= 15 is 0 Å². The summed E-state index contributed by atoms with van der Waals surface area (Å²) in [7, 11) is 0. The molecule has 0 aliphatic carbocycles. The Morgan fingerprint density at radius 1 is 1.06 bits per heavy atom. The van der Waals surface area contributed by atoms with Crippen molar-refractivity contribution in [2.24, 2.45) is 11.8 Å². The molecule has 4 atom stereocenters. The summed E-state index contributed by atoms with van der Waals surface area (Å²) in [6, 6.07) is 17.6. The molecule has 9 heteroatoms. The molecule has 36 heavy (non-hydrogen) atoms. The van der Waals surface area contributed by atoms with Crippen molar-refractivity contribution >= 4 is 51.0 Å². The minimum Gasteiger partial charge on any atom is -0.508 e. The molecule has 2 heterocycles. The fraction of sp³-hybridized carbons (Fsp3) is 0.222. The molecule has 5 rings (SSSR count). The number of rotatable bonds is 5. The number of aliphatic carboxylic acids is 1. The molecule has 7 nitrogen and oxygen atoms in total. The number of hydrogen-bond donors (Lipinski definition) is 3. The van der Waals surface area contributed by atoms with Crippen LogP contribution in [0.1, 0.15) is 22.7 Å². The first-order valence-corrected chi connectivity index (χ1v) is 12.5. The lowest BCUT2D eigenvalue weighted by molar-refractivity contribution is -0.148. The summed E-state index contributed by atoms with van der Waals surface area (Å²) in [5.74, 6) is -4.34. The van der Waals surface area contributed by atoms with Crippen LogP contribution in [0.15, 0.2) is 71.2 Å². The van der Waals surface area contributed by atoms with E-state index in [0.717, 1.165) is 14.9 Å². The second-order valence-corrected chi connectivity index (χ2v) is 10.6. The fourth-order valence-corrected chi connectivity index (χ4v) is 5.74. The van der Waals surface area contributed by atoms with Gasteiger partial charge in [0.1, 0.15) is 11.3 Å². The van der Waals surface area contributed by atoms with Gasteiger partial charge in [-0.1, -0.05) is 57.9 Å². The smallest absolute Gasteiger partial charge is 0.325 e. The van der Waals surface area contributed by atoms with Crippen LogP contribution in [0, 0.1) is 18.8 Å². The molecular weight excluding hydrogens is 548 g/mol. The Kier molecular flexibility index (Phi) is 6.14. The summed E-state index contributed by atoms with van der Waals surface area (Å²) in [5.41, 5.74) is 0.659. The average Bonchev–Trinajstić information content (AvgIpc) is 3.32. The van der Waals surface area contributed by atoms with E-state index < -0.39 is 41.2 Å². The highest BCUT2D eigenvalue weighted by atomic mass is 79.9. The van der Waals surface area contributed by atoms with Crippen molar-refractivity contribution in [2.75, 3.05) is 4.90 Å². The number of carboxylic acid groups (broad SMARTS) is 1. The zero-order valence-corrected chi connectivity index (χ0v) is 21.5. The third kappa shape index (κ3) is 3.89. The van der Waals surface area contributed by atoms with Crippen molar-refractivity contribution in [2.45, 2.75) is 24.9 Å². The van der Waals surface area contributed by atoms with E-state index in [1.54, 1.807) is 42.5 Å². The van der Waals surface area contributed by atoms with Gasteiger partial charge in [0, 0.05) is 22.0 Å². The number of phenols is 1. The first-order valence-electron chi connectivity index (χ1n) is 11.3. The van der Waals surface area contributed by atoms with Gasteiger partial charge in [0.05, 0.1) is 17.5 Å². The van der Waals surface area contributed by atoms with Crippen molar-refractivity contribution in [3.8, 4) is 5.75 Å². The highest BCUT2D eigenvalue weighted by molar-refractivity contribution is 9.10. The van der Waals surface area contributed by atoms with Crippen LogP contribution in [-0.4, -0.2) is 33.5 Å². The van der Waals surface area contributed by atoms with E-state index in [0.29, 0.717) is 21.8 Å². The van der Waals surface area contributed by atoms with Crippen LogP contribution in [0.4, 0.5) is 5.69 Å². The van der Waals surface area contributed by atoms with Crippen LogP contribution in [0.2, 0.25) is 5.02 Å². The van der Waals surface area contributed by atoms with Crippen LogP contribution in [-0.2, 0) is 20.8 Å². The molecule has 2 aliphatic heterocycles. The normalized spacial score (nSPS) is 25.3. The molecule has 0 spiro atoms. The molecule has 3 aromatic carbocycles. The Morgan fingerprint density at radius 3 is 2.33 bits per heavy atom. The van der Waals surface area contributed by atoms with Crippen LogP contribution < -0.4 is 10.2 Å². The van der Waals surface area contributed by atoms with E-state index in [9.17, 15) is 24.6 Å². The van der Waals surface area contributed by atoms with Crippen LogP contribution in [0.25, 0.3) is 0 Å². The maximum Gasteiger partial charge on any atom is 0.325 e. The third-order valence-corrected chi connectivity index (χ3v) is 8.03. The van der Waals surface area contributed by atoms with Gasteiger partial charge in [-0.25, -0.2) is 4.90 Å². The van der Waals surface area contributed by atoms with Crippen molar-refractivity contribution in [1.29, 1.82) is 0 Å². The summed E-state index contributed by atoms with van der Waals surface area (Å²) in [6.45, 7) is 1.81. The van der Waals surface area contributed by atoms with Crippen LogP contribution in [0.3, 0.4) is 0 Å². The number of nitrogens with zero attached hydrogens (tertiary/aromatic N) is 1. The Balaban J connectivity index is 1.65. The Hall–Kier alpha value is -3.20. The number of anilines is 1. The lowest BCUT2D eigenvalue weighted by Crippen LogP contribution is -2.57. The number of aryl methyl sites for hydroxylation is 1. The monoisotopic (exact) mass is 568 g/mol. The van der Waals surface area contributed by atoms with E-state index in [1.807, 2.05) is 19.1 Å². The van der Waals surface area contributed by atoms with E-state index in [4.69, 9.17) is 11.6 Å². The van der Waals surface area contributed by atoms with Gasteiger partial charge in [0.15, 0.2) is 0 Å². The molecule has 2 fully saturated rings. The molecule has 0 saturated carbocycles. The minimum absolute atomic E-state index is 0.0441. The lowest BCUT2D eigenvalue weighted by Gasteiger charge is -2.31. The standard InChI is InChI=1S/C27H22BrClN2O5/c1-14-2-9-18(12-20(14)29)31-24(33)21-22(25(31)34)27(26(35)36,13-15-3-10-19(32)11-4-15)30-23(21)16-5-7-17(28)8-6-16/h2-12,21-23,30,32H,13H2,1H3,(H,35,36). The summed E-state index contributed by atoms with van der Waals surface area (Å²) in [6.07, 6.45) is -0.0572. The number of fused-ring (bicyclic) bond motifs is 1. The first kappa shape index (κ1) is 24.5. The molecule has 0 radical (unpaired) electrons. The van der Waals surface area contributed by atoms with E-state index in [-0.39, 0.29) is 12.2 Å². The number of imide groups is 1. The first-order chi connectivity index (χ1) is 17.1. The molecule has 2 amide bonds. The zero-order valence-electron chi connectivity index (χ0n) is 19.1. The van der Waals surface area contributed by atoms with Crippen molar-refractivity contribution < 1.29 is 24.6 Å². The molecule has 4 unspecified atom stereocenters. The number of halogens is 2. The van der Waals surface area contributed by atoms with Gasteiger partial charge in [-0.05, 0) is 60.0 Å². The lowest BCUT2D eigenvalue weighted by atomic mass is 9.76. The molecule has 184 valence electrons. The Labute approximate surface area is 220 Å². The minimum atomic E-state index is -1.75. The SMILES string of the molecule is Cc1ccc(N2C(=O)C3C(c4ccc(Br)cc4)NC(Cc4ccc(O)cc4)(C(=O)O)C3C2=O)cc1Cl. The van der Waals surface area contributed by atoms with Gasteiger partial charge in [-0.2, -0.15) is 0 Å². The highest BCUT2D eigenvalue weighted by Crippen LogP contribution is 2.51. The van der Waals surface area contributed by atoms with Crippen molar-refractivity contribution in [3.05, 3.63) is 92.9 Å². The van der Waals surface area contributed by atoms with Crippen molar-refractivity contribution in [1.82, 2.24) is 5.32 Å². The van der Waals surface area contributed by atoms with Gasteiger partial charge >= 0.3 is 5.97 Å². The number of carboxylic acids is 1. The van der Waals surface area contributed by atoms with Crippen molar-refractivity contribution in [3.63, 3.8) is 0 Å². The predicted molar refractivity (Wildman–Crippen MR) is 138 cm³/mol. The number of amides is 2. The summed E-state index contributed by atoms with van der Waals surface area (Å²) in [5, 5.41) is 23.8. The largest absolute Gasteiger partial charge is 0.508 e. The quantitative estimate of drug-likeness (QED) is 0.387. The van der Waals surface area contributed by atoms with Gasteiger partial charge in [-0.15, -0.1) is 0 Å². The number of hydrogen-bond acceptors (Lipinski definition) is 5. The summed E-state index contributed by atoms with van der Waals surface area (Å²) < 4.78 is 0.833. The van der Waals surface area contributed by atoms with Crippen LogP contribution >= 0.6 is 27.5 Å². The number of carbonyl (C=O) groups excluding carboxylic acids is 2. The molecule has 3 N–H and O–H groups in total. The second kappa shape index (κ2) is 9.03. The summed E-state index contributed by atoms with van der Waals surface area (Å²) >= 11 is 9.70. The van der Waals surface area contributed by atoms with Gasteiger partial charge < -0.3 is 10.2 Å². The number of phenolic OH excluding ortho intramolecular Hbond substituents is 1. The maximum atomic E-state index is 13.9. The predicted octanol–water partition coefficient (Wildman–Crippen LogP) is 4.63. The summed E-state index contributed by atoms with van der Waals surface area (Å²) in [4.78, 5) is 41.8. The molecule has 0 aromatic heterocycles. The molecular formula is C27H22BrClN2O5. The molecule has 2 aliphatic rings. The molecule has 3 aromatic rings. The molecule has 2 saturated heterocycles. The molecule has 0 bridgehead atoms. The number of aromatic hydroxyl groups is 1. The Morgan fingerprint density at radius 2 is 1.72 bits per heavy atom. The third-order valence-electron chi connectivity index (χ3n) is 7.10. The van der Waals surface area contributed by atoms with Gasteiger partial charge in [0.2, 0.25) is 11.8 Å². The highest BCUT2D eigenvalue weighted by Gasteiger charge is 2.68. The van der Waals surface area contributed by atoms with E-state index in [1.165, 1.54) is 12.1 Å². The number of carbonyl (C=O) groups is 3. The van der Waals surface area contributed by atoms with Gasteiger partial charge in [-0.3, -0.25) is 19.7 Å². The number of nitrogens with one attached hydrogen (secondary N) is 1. The van der Waals surface area contributed by atoms with Gasteiger partial charge in [0.25, 0.3) is 0 Å². The van der Waals surface area contributed by atoms with Crippen LogP contribution in [0.5, 0.6) is 5.75 Å².